The van der Waals surface area contributed by atoms with Crippen molar-refractivity contribution in [2.75, 3.05) is 12.4 Å². The molecule has 0 saturated heterocycles. The van der Waals surface area contributed by atoms with Gasteiger partial charge in [-0.1, -0.05) is 76.9 Å². The molecule has 2 aromatic heterocycles. The van der Waals surface area contributed by atoms with Gasteiger partial charge in [-0.2, -0.15) is 0 Å². The van der Waals surface area contributed by atoms with E-state index in [9.17, 15) is 9.59 Å². The molecule has 2 heterocycles. The molecule has 1 aliphatic rings. The summed E-state index contributed by atoms with van der Waals surface area (Å²) in [5.74, 6) is 0.316. The SMILES string of the molecule is CCC(C)(C)[C@H]1CCc2c(sc(NC(=O)c3cc(-c4ccc(C(C)C)cc4)nc4ccc(C)cc34)c2C(=O)OC)C1. The Morgan fingerprint density at radius 1 is 1.12 bits per heavy atom. The fourth-order valence-corrected chi connectivity index (χ4v) is 7.14. The summed E-state index contributed by atoms with van der Waals surface area (Å²) in [7, 11) is 1.40. The zero-order chi connectivity index (χ0) is 29.5. The maximum atomic E-state index is 14.0. The quantitative estimate of drug-likeness (QED) is 0.226. The Morgan fingerprint density at radius 2 is 1.85 bits per heavy atom. The molecular formula is C35H40N2O3S. The molecule has 41 heavy (non-hydrogen) atoms. The van der Waals surface area contributed by atoms with Crippen LogP contribution < -0.4 is 5.32 Å². The molecule has 0 unspecified atom stereocenters. The van der Waals surface area contributed by atoms with E-state index in [0.717, 1.165) is 59.0 Å². The van der Waals surface area contributed by atoms with Crippen LogP contribution in [0.3, 0.4) is 0 Å². The smallest absolute Gasteiger partial charge is 0.341 e. The lowest BCUT2D eigenvalue weighted by Gasteiger charge is -2.36. The van der Waals surface area contributed by atoms with Crippen molar-refractivity contribution in [2.45, 2.75) is 73.1 Å². The molecule has 0 spiro atoms. The largest absolute Gasteiger partial charge is 0.465 e. The third-order valence-electron chi connectivity index (χ3n) is 8.98. The zero-order valence-electron chi connectivity index (χ0n) is 25.2. The van der Waals surface area contributed by atoms with Crippen molar-refractivity contribution in [3.05, 3.63) is 81.2 Å². The third kappa shape index (κ3) is 5.67. The van der Waals surface area contributed by atoms with Crippen LogP contribution in [0, 0.1) is 18.3 Å². The van der Waals surface area contributed by atoms with E-state index in [2.05, 4.69) is 64.2 Å². The van der Waals surface area contributed by atoms with Crippen molar-refractivity contribution in [1.82, 2.24) is 4.98 Å². The summed E-state index contributed by atoms with van der Waals surface area (Å²) in [6.45, 7) is 13.2. The number of anilines is 1. The van der Waals surface area contributed by atoms with E-state index >= 15 is 0 Å². The van der Waals surface area contributed by atoms with Gasteiger partial charge in [0.25, 0.3) is 5.91 Å². The summed E-state index contributed by atoms with van der Waals surface area (Å²) < 4.78 is 5.20. The van der Waals surface area contributed by atoms with E-state index in [1.54, 1.807) is 0 Å². The highest BCUT2D eigenvalue weighted by atomic mass is 32.1. The molecule has 5 nitrogen and oxygen atoms in total. The number of hydrogen-bond acceptors (Lipinski definition) is 5. The number of thiophene rings is 1. The van der Waals surface area contributed by atoms with E-state index < -0.39 is 5.97 Å². The van der Waals surface area contributed by atoms with Gasteiger partial charge in [-0.25, -0.2) is 9.78 Å². The highest BCUT2D eigenvalue weighted by Gasteiger charge is 2.36. The third-order valence-corrected chi connectivity index (χ3v) is 10.1. The molecule has 1 amide bonds. The molecule has 6 heteroatoms. The summed E-state index contributed by atoms with van der Waals surface area (Å²) in [5, 5.41) is 4.49. The average Bonchev–Trinajstić information content (AvgIpc) is 3.33. The van der Waals surface area contributed by atoms with Gasteiger partial charge in [0.15, 0.2) is 0 Å². The van der Waals surface area contributed by atoms with Gasteiger partial charge in [-0.05, 0) is 72.8 Å². The van der Waals surface area contributed by atoms with Gasteiger partial charge in [0, 0.05) is 15.8 Å². The highest BCUT2D eigenvalue weighted by Crippen LogP contribution is 2.46. The van der Waals surface area contributed by atoms with Crippen molar-refractivity contribution in [3.63, 3.8) is 0 Å². The number of aromatic nitrogens is 1. The van der Waals surface area contributed by atoms with Gasteiger partial charge in [0.2, 0.25) is 0 Å². The first-order chi connectivity index (χ1) is 19.5. The van der Waals surface area contributed by atoms with Gasteiger partial charge >= 0.3 is 5.97 Å². The fourth-order valence-electron chi connectivity index (χ4n) is 5.83. The minimum Gasteiger partial charge on any atom is -0.465 e. The van der Waals surface area contributed by atoms with Crippen molar-refractivity contribution in [1.29, 1.82) is 0 Å². The van der Waals surface area contributed by atoms with Crippen LogP contribution in [0.2, 0.25) is 0 Å². The van der Waals surface area contributed by atoms with E-state index in [4.69, 9.17) is 9.72 Å². The van der Waals surface area contributed by atoms with Gasteiger partial charge in [0.1, 0.15) is 5.00 Å². The predicted molar refractivity (Wildman–Crippen MR) is 169 cm³/mol. The van der Waals surface area contributed by atoms with Gasteiger partial charge < -0.3 is 10.1 Å². The van der Waals surface area contributed by atoms with Crippen molar-refractivity contribution < 1.29 is 14.3 Å². The lowest BCUT2D eigenvalue weighted by molar-refractivity contribution is 0.0600. The predicted octanol–water partition coefficient (Wildman–Crippen LogP) is 8.98. The molecule has 4 aromatic rings. The van der Waals surface area contributed by atoms with Crippen molar-refractivity contribution in [3.8, 4) is 11.3 Å². The number of methoxy groups -OCH3 is 1. The number of ether oxygens (including phenoxy) is 1. The van der Waals surface area contributed by atoms with Gasteiger partial charge in [-0.3, -0.25) is 4.79 Å². The average molecular weight is 569 g/mol. The summed E-state index contributed by atoms with van der Waals surface area (Å²) in [6, 6.07) is 16.2. The molecule has 1 aliphatic carbocycles. The van der Waals surface area contributed by atoms with Crippen LogP contribution in [0.15, 0.2) is 48.5 Å². The molecule has 1 N–H and O–H groups in total. The second-order valence-corrected chi connectivity index (χ2v) is 13.4. The number of esters is 1. The standard InChI is InChI=1S/C35H40N2O3S/c1-8-35(5,6)24-14-15-25-30(18-24)41-33(31(25)34(39)40-7)37-32(38)27-19-29(23-12-10-22(11-13-23)20(2)3)36-28-16-9-21(4)17-26(27)28/h9-13,16-17,19-20,24H,8,14-15,18H2,1-7H3,(H,37,38)/t24-/m0/s1. The Hall–Kier alpha value is -3.51. The maximum absolute atomic E-state index is 14.0. The number of fused-ring (bicyclic) bond motifs is 2. The Morgan fingerprint density at radius 3 is 2.51 bits per heavy atom. The molecule has 5 rings (SSSR count). The van der Waals surface area contributed by atoms with E-state index in [1.807, 2.05) is 31.2 Å². The van der Waals surface area contributed by atoms with Crippen LogP contribution >= 0.6 is 11.3 Å². The lowest BCUT2D eigenvalue weighted by Crippen LogP contribution is -2.28. The Bertz CT molecular complexity index is 1610. The number of carbonyl (C=O) groups is 2. The first kappa shape index (κ1) is 29.0. The molecule has 0 bridgehead atoms. The summed E-state index contributed by atoms with van der Waals surface area (Å²) >= 11 is 1.52. The zero-order valence-corrected chi connectivity index (χ0v) is 26.0. The van der Waals surface area contributed by atoms with E-state index in [1.165, 1.54) is 28.9 Å². The Labute approximate surface area is 247 Å². The van der Waals surface area contributed by atoms with Crippen LogP contribution in [0.4, 0.5) is 5.00 Å². The molecule has 214 valence electrons. The number of benzene rings is 2. The van der Waals surface area contributed by atoms with Crippen LogP contribution in [-0.2, 0) is 17.6 Å². The monoisotopic (exact) mass is 568 g/mol. The summed E-state index contributed by atoms with van der Waals surface area (Å²) in [4.78, 5) is 33.1. The molecule has 1 atom stereocenters. The van der Waals surface area contributed by atoms with E-state index in [0.29, 0.717) is 28.0 Å². The van der Waals surface area contributed by atoms with Gasteiger partial charge in [0.05, 0.1) is 29.4 Å². The molecule has 0 fully saturated rings. The maximum Gasteiger partial charge on any atom is 0.341 e. The Kier molecular flexibility index (Phi) is 8.06. The minimum atomic E-state index is -0.396. The number of nitrogens with one attached hydrogen (secondary N) is 1. The van der Waals surface area contributed by atoms with Crippen LogP contribution in [0.25, 0.3) is 22.2 Å². The van der Waals surface area contributed by atoms with Gasteiger partial charge in [-0.15, -0.1) is 11.3 Å². The molecular weight excluding hydrogens is 528 g/mol. The van der Waals surface area contributed by atoms with Crippen molar-refractivity contribution in [2.24, 2.45) is 11.3 Å². The molecule has 0 saturated carbocycles. The minimum absolute atomic E-state index is 0.216. The lowest BCUT2D eigenvalue weighted by atomic mass is 9.69. The number of hydrogen-bond donors (Lipinski definition) is 1. The number of nitrogens with zero attached hydrogens (tertiary/aromatic N) is 1. The van der Waals surface area contributed by atoms with Crippen LogP contribution in [0.1, 0.15) is 95.7 Å². The first-order valence-electron chi connectivity index (χ1n) is 14.6. The number of rotatable bonds is 7. The number of carbonyl (C=O) groups excluding carboxylic acids is 2. The number of amides is 1. The number of pyridine rings is 1. The van der Waals surface area contributed by atoms with E-state index in [-0.39, 0.29) is 11.3 Å². The topological polar surface area (TPSA) is 68.3 Å². The number of aryl methyl sites for hydroxylation is 1. The first-order valence-corrected chi connectivity index (χ1v) is 15.4. The summed E-state index contributed by atoms with van der Waals surface area (Å²) in [6.07, 6.45) is 3.85. The second kappa shape index (κ2) is 11.4. The Balaban J connectivity index is 1.56. The molecule has 0 aliphatic heterocycles. The van der Waals surface area contributed by atoms with Crippen LogP contribution in [-0.4, -0.2) is 24.0 Å². The van der Waals surface area contributed by atoms with Crippen molar-refractivity contribution >= 4 is 39.1 Å². The van der Waals surface area contributed by atoms with Crippen LogP contribution in [0.5, 0.6) is 0 Å². The fraction of sp³-hybridized carbons (Fsp3) is 0.400. The highest BCUT2D eigenvalue weighted by molar-refractivity contribution is 7.17. The second-order valence-electron chi connectivity index (χ2n) is 12.3. The normalized spacial score (nSPS) is 15.2. The molecule has 2 aromatic carbocycles. The summed E-state index contributed by atoms with van der Waals surface area (Å²) in [5.41, 5.74) is 7.05. The molecule has 0 radical (unpaired) electrons.